The maximum Gasteiger partial charge on any atom is 0.433 e. The molecule has 0 atom stereocenters. The van der Waals surface area contributed by atoms with Gasteiger partial charge < -0.3 is 14.5 Å². The van der Waals surface area contributed by atoms with Gasteiger partial charge in [0.2, 0.25) is 5.88 Å². The Morgan fingerprint density at radius 2 is 1.86 bits per heavy atom. The number of ether oxygens (including phenoxy) is 1. The van der Waals surface area contributed by atoms with Crippen LogP contribution in [0.1, 0.15) is 31.4 Å². The zero-order valence-corrected chi connectivity index (χ0v) is 16.4. The number of alkyl halides is 3. The molecule has 6 nitrogen and oxygen atoms in total. The molecule has 2 saturated heterocycles. The van der Waals surface area contributed by atoms with Crippen LogP contribution in [0.2, 0.25) is 0 Å². The van der Waals surface area contributed by atoms with Crippen molar-refractivity contribution >= 4 is 6.03 Å². The van der Waals surface area contributed by atoms with E-state index in [0.717, 1.165) is 38.7 Å². The van der Waals surface area contributed by atoms with Crippen molar-refractivity contribution in [2.24, 2.45) is 5.92 Å². The van der Waals surface area contributed by atoms with Gasteiger partial charge in [0.15, 0.2) is 0 Å². The van der Waals surface area contributed by atoms with E-state index in [2.05, 4.69) is 9.88 Å². The normalized spacial score (nSPS) is 22.0. The van der Waals surface area contributed by atoms with E-state index in [-0.39, 0.29) is 24.4 Å². The van der Waals surface area contributed by atoms with Gasteiger partial charge >= 0.3 is 12.2 Å². The Hall–Kier alpha value is -2.03. The minimum Gasteiger partial charge on any atom is -0.477 e. The zero-order valence-electron chi connectivity index (χ0n) is 16.4. The molecule has 9 heteroatoms. The van der Waals surface area contributed by atoms with E-state index in [9.17, 15) is 18.0 Å². The molecular formula is C20H27F3N4O2. The third-order valence-corrected chi connectivity index (χ3v) is 6.10. The standard InChI is InChI=1S/C20H27F3N4O2/c21-20(22,23)17-6-2-7-18(24-17)29-14-15-12-27(13-15)19(28)26-9-3-8-25(10-11-26)16-4-1-5-16/h2,6-7,15-16H,1,3-5,8-14H2. The Labute approximate surface area is 168 Å². The molecule has 2 amide bonds. The van der Waals surface area contributed by atoms with E-state index in [1.54, 1.807) is 4.90 Å². The summed E-state index contributed by atoms with van der Waals surface area (Å²) >= 11 is 0. The van der Waals surface area contributed by atoms with E-state index in [0.29, 0.717) is 19.1 Å². The van der Waals surface area contributed by atoms with Crippen molar-refractivity contribution in [2.75, 3.05) is 45.9 Å². The van der Waals surface area contributed by atoms with Crippen molar-refractivity contribution in [1.29, 1.82) is 0 Å². The highest BCUT2D eigenvalue weighted by Gasteiger charge is 2.36. The van der Waals surface area contributed by atoms with Crippen molar-refractivity contribution < 1.29 is 22.7 Å². The summed E-state index contributed by atoms with van der Waals surface area (Å²) in [5.41, 5.74) is -0.961. The van der Waals surface area contributed by atoms with Crippen LogP contribution < -0.4 is 4.74 Å². The highest BCUT2D eigenvalue weighted by Crippen LogP contribution is 2.29. The average molecular weight is 412 g/mol. The van der Waals surface area contributed by atoms with Gasteiger partial charge in [-0.25, -0.2) is 9.78 Å². The SMILES string of the molecule is O=C(N1CCCN(C2CCC2)CC1)N1CC(COc2cccc(C(F)(F)F)n2)C1. The molecule has 3 heterocycles. The number of urea groups is 1. The number of aromatic nitrogens is 1. The van der Waals surface area contributed by atoms with Crippen LogP contribution in [0, 0.1) is 5.92 Å². The first kappa shape index (κ1) is 20.3. The summed E-state index contributed by atoms with van der Waals surface area (Å²) < 4.78 is 43.6. The van der Waals surface area contributed by atoms with Gasteiger partial charge in [0, 0.05) is 57.3 Å². The highest BCUT2D eigenvalue weighted by atomic mass is 19.4. The fourth-order valence-corrected chi connectivity index (χ4v) is 4.13. The number of likely N-dealkylation sites (tertiary alicyclic amines) is 1. The molecule has 160 valence electrons. The molecular weight excluding hydrogens is 385 g/mol. The smallest absolute Gasteiger partial charge is 0.433 e. The van der Waals surface area contributed by atoms with E-state index in [4.69, 9.17) is 4.74 Å². The maximum absolute atomic E-state index is 12.7. The summed E-state index contributed by atoms with van der Waals surface area (Å²) in [4.78, 5) is 22.5. The van der Waals surface area contributed by atoms with Crippen LogP contribution >= 0.6 is 0 Å². The molecule has 0 aromatic carbocycles. The number of halogens is 3. The molecule has 1 aromatic heterocycles. The number of pyridine rings is 1. The minimum atomic E-state index is -4.49. The van der Waals surface area contributed by atoms with E-state index in [1.165, 1.54) is 31.4 Å². The molecule has 1 aliphatic carbocycles. The number of amides is 2. The quantitative estimate of drug-likeness (QED) is 0.763. The Bertz CT molecular complexity index is 720. The van der Waals surface area contributed by atoms with Crippen LogP contribution in [0.5, 0.6) is 5.88 Å². The molecule has 0 unspecified atom stereocenters. The van der Waals surface area contributed by atoms with Crippen LogP contribution in [0.15, 0.2) is 18.2 Å². The lowest BCUT2D eigenvalue weighted by Gasteiger charge is -2.41. The molecule has 0 radical (unpaired) electrons. The lowest BCUT2D eigenvalue weighted by atomic mass is 9.91. The number of hydrogen-bond donors (Lipinski definition) is 0. The first-order chi connectivity index (χ1) is 13.9. The Morgan fingerprint density at radius 1 is 1.07 bits per heavy atom. The number of nitrogens with zero attached hydrogens (tertiary/aromatic N) is 4. The van der Waals surface area contributed by atoms with E-state index < -0.39 is 11.9 Å². The molecule has 3 aliphatic rings. The molecule has 4 rings (SSSR count). The average Bonchev–Trinajstić information content (AvgIpc) is 2.84. The van der Waals surface area contributed by atoms with Crippen molar-refractivity contribution in [3.05, 3.63) is 23.9 Å². The minimum absolute atomic E-state index is 0.0341. The van der Waals surface area contributed by atoms with Crippen LogP contribution in [0.25, 0.3) is 0 Å². The van der Waals surface area contributed by atoms with Crippen molar-refractivity contribution in [2.45, 2.75) is 37.9 Å². The topological polar surface area (TPSA) is 48.9 Å². The largest absolute Gasteiger partial charge is 0.477 e. The predicted octanol–water partition coefficient (Wildman–Crippen LogP) is 3.09. The molecule has 3 fully saturated rings. The lowest BCUT2D eigenvalue weighted by Crippen LogP contribution is -2.56. The number of carbonyl (C=O) groups excluding carboxylic acids is 1. The molecule has 1 saturated carbocycles. The highest BCUT2D eigenvalue weighted by molar-refractivity contribution is 5.75. The fraction of sp³-hybridized carbons (Fsp3) is 0.700. The molecule has 29 heavy (non-hydrogen) atoms. The Balaban J connectivity index is 1.20. The Kier molecular flexibility index (Phi) is 5.85. The predicted molar refractivity (Wildman–Crippen MR) is 101 cm³/mol. The second kappa shape index (κ2) is 8.38. The van der Waals surface area contributed by atoms with E-state index >= 15 is 0 Å². The van der Waals surface area contributed by atoms with Crippen molar-refractivity contribution in [3.8, 4) is 5.88 Å². The number of rotatable bonds is 4. The summed E-state index contributed by atoms with van der Waals surface area (Å²) in [5.74, 6) is 0.0851. The van der Waals surface area contributed by atoms with Crippen molar-refractivity contribution in [1.82, 2.24) is 19.7 Å². The second-order valence-corrected chi connectivity index (χ2v) is 8.18. The summed E-state index contributed by atoms with van der Waals surface area (Å²) in [5, 5.41) is 0. The van der Waals surface area contributed by atoms with Gasteiger partial charge in [-0.2, -0.15) is 13.2 Å². The van der Waals surface area contributed by atoms with Crippen molar-refractivity contribution in [3.63, 3.8) is 0 Å². The van der Waals surface area contributed by atoms with Gasteiger partial charge in [-0.05, 0) is 25.3 Å². The first-order valence-electron chi connectivity index (χ1n) is 10.3. The van der Waals surface area contributed by atoms with Crippen LogP contribution in [-0.4, -0.2) is 77.6 Å². The molecule has 2 aliphatic heterocycles. The van der Waals surface area contributed by atoms with Gasteiger partial charge in [-0.1, -0.05) is 12.5 Å². The summed E-state index contributed by atoms with van der Waals surface area (Å²) in [6.45, 7) is 4.96. The maximum atomic E-state index is 12.7. The lowest BCUT2D eigenvalue weighted by molar-refractivity contribution is -0.141. The molecule has 0 spiro atoms. The number of hydrogen-bond acceptors (Lipinski definition) is 4. The fourth-order valence-electron chi connectivity index (χ4n) is 4.13. The molecule has 0 N–H and O–H groups in total. The van der Waals surface area contributed by atoms with Gasteiger partial charge in [0.05, 0.1) is 6.61 Å². The Morgan fingerprint density at radius 3 is 2.55 bits per heavy atom. The monoisotopic (exact) mass is 412 g/mol. The van der Waals surface area contributed by atoms with Gasteiger partial charge in [-0.15, -0.1) is 0 Å². The summed E-state index contributed by atoms with van der Waals surface area (Å²) in [6.07, 6.45) is 0.395. The van der Waals surface area contributed by atoms with Gasteiger partial charge in [-0.3, -0.25) is 4.90 Å². The second-order valence-electron chi connectivity index (χ2n) is 8.18. The third kappa shape index (κ3) is 4.76. The molecule has 1 aromatic rings. The zero-order chi connectivity index (χ0) is 20.4. The third-order valence-electron chi connectivity index (χ3n) is 6.10. The summed E-state index contributed by atoms with van der Waals surface area (Å²) in [6, 6.07) is 4.40. The van der Waals surface area contributed by atoms with Crippen LogP contribution in [0.3, 0.4) is 0 Å². The number of carbonyl (C=O) groups is 1. The van der Waals surface area contributed by atoms with Crippen LogP contribution in [0.4, 0.5) is 18.0 Å². The van der Waals surface area contributed by atoms with Gasteiger partial charge in [0.25, 0.3) is 0 Å². The summed E-state index contributed by atoms with van der Waals surface area (Å²) in [7, 11) is 0. The first-order valence-corrected chi connectivity index (χ1v) is 10.3. The van der Waals surface area contributed by atoms with Crippen LogP contribution in [-0.2, 0) is 6.18 Å². The molecule has 0 bridgehead atoms. The van der Waals surface area contributed by atoms with E-state index in [1.807, 2.05) is 4.90 Å². The van der Waals surface area contributed by atoms with Gasteiger partial charge in [0.1, 0.15) is 5.69 Å².